The summed E-state index contributed by atoms with van der Waals surface area (Å²) in [6, 6.07) is 0.117. The summed E-state index contributed by atoms with van der Waals surface area (Å²) in [4.78, 5) is 0. The monoisotopic (exact) mass is 238 g/mol. The SMILES string of the molecule is CCCn1ncc(OC)c1C(NN)C1(C)CC1. The average molecular weight is 238 g/mol. The Morgan fingerprint density at radius 3 is 2.82 bits per heavy atom. The molecule has 0 bridgehead atoms. The smallest absolute Gasteiger partial charge is 0.161 e. The summed E-state index contributed by atoms with van der Waals surface area (Å²) in [5.41, 5.74) is 4.26. The van der Waals surface area contributed by atoms with Crippen LogP contribution < -0.4 is 16.0 Å². The Balaban J connectivity index is 2.36. The maximum Gasteiger partial charge on any atom is 0.161 e. The van der Waals surface area contributed by atoms with Crippen LogP contribution in [0.2, 0.25) is 0 Å². The summed E-state index contributed by atoms with van der Waals surface area (Å²) in [6.45, 7) is 5.29. The summed E-state index contributed by atoms with van der Waals surface area (Å²) >= 11 is 0. The first-order valence-electron chi connectivity index (χ1n) is 6.22. The van der Waals surface area contributed by atoms with Crippen molar-refractivity contribution in [3.05, 3.63) is 11.9 Å². The van der Waals surface area contributed by atoms with Gasteiger partial charge in [0.05, 0.1) is 25.0 Å². The van der Waals surface area contributed by atoms with Crippen LogP contribution in [-0.4, -0.2) is 16.9 Å². The van der Waals surface area contributed by atoms with Crippen molar-refractivity contribution >= 4 is 0 Å². The number of nitrogens with one attached hydrogen (secondary N) is 1. The predicted molar refractivity (Wildman–Crippen MR) is 66.5 cm³/mol. The third-order valence-corrected chi connectivity index (χ3v) is 3.68. The van der Waals surface area contributed by atoms with Crippen LogP contribution in [0.15, 0.2) is 6.20 Å². The fourth-order valence-corrected chi connectivity index (χ4v) is 2.31. The zero-order valence-corrected chi connectivity index (χ0v) is 10.9. The molecule has 1 saturated carbocycles. The third-order valence-electron chi connectivity index (χ3n) is 3.68. The minimum atomic E-state index is 0.117. The second-order valence-corrected chi connectivity index (χ2v) is 5.08. The Morgan fingerprint density at radius 1 is 1.65 bits per heavy atom. The van der Waals surface area contributed by atoms with Crippen molar-refractivity contribution in [1.29, 1.82) is 0 Å². The van der Waals surface area contributed by atoms with Gasteiger partial charge in [0, 0.05) is 6.54 Å². The van der Waals surface area contributed by atoms with E-state index in [4.69, 9.17) is 10.6 Å². The predicted octanol–water partition coefficient (Wildman–Crippen LogP) is 1.61. The molecule has 1 aromatic heterocycles. The summed E-state index contributed by atoms with van der Waals surface area (Å²) < 4.78 is 7.41. The Morgan fingerprint density at radius 2 is 2.35 bits per heavy atom. The molecule has 3 N–H and O–H groups in total. The van der Waals surface area contributed by atoms with Crippen LogP contribution in [0.5, 0.6) is 5.75 Å². The highest BCUT2D eigenvalue weighted by atomic mass is 16.5. The van der Waals surface area contributed by atoms with Crippen molar-refractivity contribution in [2.24, 2.45) is 11.3 Å². The van der Waals surface area contributed by atoms with E-state index < -0.39 is 0 Å². The summed E-state index contributed by atoms with van der Waals surface area (Å²) in [6.07, 6.45) is 5.22. The summed E-state index contributed by atoms with van der Waals surface area (Å²) in [5, 5.41) is 4.38. The number of hydrogen-bond acceptors (Lipinski definition) is 4. The van der Waals surface area contributed by atoms with E-state index in [0.717, 1.165) is 24.4 Å². The van der Waals surface area contributed by atoms with E-state index in [1.807, 2.05) is 4.68 Å². The molecule has 0 amide bonds. The number of ether oxygens (including phenoxy) is 1. The molecule has 0 saturated heterocycles. The van der Waals surface area contributed by atoms with Gasteiger partial charge in [-0.25, -0.2) is 0 Å². The van der Waals surface area contributed by atoms with Gasteiger partial charge in [0.1, 0.15) is 0 Å². The Kier molecular flexibility index (Phi) is 3.40. The minimum absolute atomic E-state index is 0.117. The molecule has 1 aromatic rings. The van der Waals surface area contributed by atoms with E-state index in [1.165, 1.54) is 12.8 Å². The number of aryl methyl sites for hydroxylation is 1. The van der Waals surface area contributed by atoms with Gasteiger partial charge in [-0.2, -0.15) is 5.10 Å². The average Bonchev–Trinajstić information content (AvgIpc) is 2.93. The first kappa shape index (κ1) is 12.4. The highest BCUT2D eigenvalue weighted by Crippen LogP contribution is 2.55. The number of rotatable bonds is 6. The van der Waals surface area contributed by atoms with Gasteiger partial charge in [0.2, 0.25) is 0 Å². The first-order valence-corrected chi connectivity index (χ1v) is 6.22. The molecule has 5 heteroatoms. The van der Waals surface area contributed by atoms with Crippen LogP contribution in [-0.2, 0) is 6.54 Å². The fourth-order valence-electron chi connectivity index (χ4n) is 2.31. The molecule has 1 fully saturated rings. The van der Waals surface area contributed by atoms with Crippen molar-refractivity contribution in [3.8, 4) is 5.75 Å². The molecule has 0 aromatic carbocycles. The van der Waals surface area contributed by atoms with E-state index in [-0.39, 0.29) is 11.5 Å². The number of hydrogen-bond donors (Lipinski definition) is 2. The van der Waals surface area contributed by atoms with Crippen LogP contribution in [0, 0.1) is 5.41 Å². The van der Waals surface area contributed by atoms with E-state index in [1.54, 1.807) is 13.3 Å². The van der Waals surface area contributed by atoms with E-state index in [9.17, 15) is 0 Å². The lowest BCUT2D eigenvalue weighted by Gasteiger charge is -2.24. The van der Waals surface area contributed by atoms with Crippen molar-refractivity contribution in [2.75, 3.05) is 7.11 Å². The van der Waals surface area contributed by atoms with Crippen molar-refractivity contribution < 1.29 is 4.74 Å². The van der Waals surface area contributed by atoms with E-state index in [0.29, 0.717) is 0 Å². The molecule has 1 aliphatic rings. The second kappa shape index (κ2) is 4.66. The number of nitrogens with two attached hydrogens (primary N) is 1. The van der Waals surface area contributed by atoms with Gasteiger partial charge < -0.3 is 4.74 Å². The van der Waals surface area contributed by atoms with Gasteiger partial charge in [-0.3, -0.25) is 16.0 Å². The molecule has 96 valence electrons. The van der Waals surface area contributed by atoms with Crippen LogP contribution in [0.25, 0.3) is 0 Å². The van der Waals surface area contributed by atoms with Crippen molar-refractivity contribution in [3.63, 3.8) is 0 Å². The molecular weight excluding hydrogens is 216 g/mol. The molecule has 1 aliphatic carbocycles. The fraction of sp³-hybridized carbons (Fsp3) is 0.750. The summed E-state index contributed by atoms with van der Waals surface area (Å²) in [5.74, 6) is 6.56. The normalized spacial score (nSPS) is 19.1. The van der Waals surface area contributed by atoms with Crippen molar-refractivity contribution in [1.82, 2.24) is 15.2 Å². The lowest BCUT2D eigenvalue weighted by molar-refractivity contribution is 0.326. The molecule has 1 unspecified atom stereocenters. The topological polar surface area (TPSA) is 65.1 Å². The Labute approximate surface area is 102 Å². The van der Waals surface area contributed by atoms with Crippen LogP contribution in [0.4, 0.5) is 0 Å². The molecule has 0 spiro atoms. The van der Waals surface area contributed by atoms with Gasteiger partial charge in [0.25, 0.3) is 0 Å². The largest absolute Gasteiger partial charge is 0.493 e. The van der Waals surface area contributed by atoms with Crippen LogP contribution >= 0.6 is 0 Å². The lowest BCUT2D eigenvalue weighted by atomic mass is 9.96. The number of methoxy groups -OCH3 is 1. The van der Waals surface area contributed by atoms with Crippen LogP contribution in [0.3, 0.4) is 0 Å². The van der Waals surface area contributed by atoms with E-state index in [2.05, 4.69) is 24.4 Å². The zero-order chi connectivity index (χ0) is 12.5. The highest BCUT2D eigenvalue weighted by Gasteiger charge is 2.47. The highest BCUT2D eigenvalue weighted by molar-refractivity contribution is 5.31. The molecule has 5 nitrogen and oxygen atoms in total. The number of hydrazine groups is 1. The number of aromatic nitrogens is 2. The van der Waals surface area contributed by atoms with Crippen LogP contribution in [0.1, 0.15) is 44.8 Å². The molecule has 0 aliphatic heterocycles. The standard InChI is InChI=1S/C12H22N4O/c1-4-7-16-10(9(17-3)8-14-16)11(15-13)12(2)5-6-12/h8,11,15H,4-7,13H2,1-3H3. The second-order valence-electron chi connectivity index (χ2n) is 5.08. The maximum atomic E-state index is 5.73. The maximum absolute atomic E-state index is 5.73. The van der Waals surface area contributed by atoms with E-state index >= 15 is 0 Å². The molecule has 2 rings (SSSR count). The molecule has 0 radical (unpaired) electrons. The molecule has 17 heavy (non-hydrogen) atoms. The van der Waals surface area contributed by atoms with Gasteiger partial charge >= 0.3 is 0 Å². The van der Waals surface area contributed by atoms with Crippen molar-refractivity contribution in [2.45, 2.75) is 45.7 Å². The van der Waals surface area contributed by atoms with Gasteiger partial charge in [-0.05, 0) is 24.7 Å². The Hall–Kier alpha value is -1.07. The number of nitrogens with zero attached hydrogens (tertiary/aromatic N) is 2. The first-order chi connectivity index (χ1) is 8.16. The Bertz CT molecular complexity index is 384. The minimum Gasteiger partial charge on any atom is -0.493 e. The third kappa shape index (κ3) is 2.17. The van der Waals surface area contributed by atoms with Gasteiger partial charge in [-0.15, -0.1) is 0 Å². The quantitative estimate of drug-likeness (QED) is 0.583. The molecule has 1 atom stereocenters. The van der Waals surface area contributed by atoms with Gasteiger partial charge in [0.15, 0.2) is 5.75 Å². The molecule has 1 heterocycles. The molecular formula is C12H22N4O. The summed E-state index contributed by atoms with van der Waals surface area (Å²) in [7, 11) is 1.68. The lowest BCUT2D eigenvalue weighted by Crippen LogP contribution is -2.35. The van der Waals surface area contributed by atoms with Gasteiger partial charge in [-0.1, -0.05) is 13.8 Å². The zero-order valence-electron chi connectivity index (χ0n) is 10.9.